The summed E-state index contributed by atoms with van der Waals surface area (Å²) >= 11 is 0. The molecule has 1 aliphatic carbocycles. The van der Waals surface area contributed by atoms with Gasteiger partial charge in [-0.2, -0.15) is 0 Å². The van der Waals surface area contributed by atoms with Gasteiger partial charge in [-0.25, -0.2) is 12.7 Å². The van der Waals surface area contributed by atoms with Crippen molar-refractivity contribution in [2.45, 2.75) is 30.4 Å². The van der Waals surface area contributed by atoms with E-state index in [2.05, 4.69) is 5.32 Å². The molecule has 1 heterocycles. The summed E-state index contributed by atoms with van der Waals surface area (Å²) in [7, 11) is -1.00. The third-order valence-electron chi connectivity index (χ3n) is 3.69. The first-order valence-electron chi connectivity index (χ1n) is 6.76. The minimum atomic E-state index is -3.73. The third-order valence-corrected chi connectivity index (χ3v) is 5.37. The fourth-order valence-corrected chi connectivity index (χ4v) is 3.16. The second-order valence-electron chi connectivity index (χ2n) is 5.46. The van der Waals surface area contributed by atoms with Crippen LogP contribution in [0, 0.1) is 5.92 Å². The van der Waals surface area contributed by atoms with Gasteiger partial charge in [0.1, 0.15) is 6.26 Å². The predicted molar refractivity (Wildman–Crippen MR) is 75.8 cm³/mol. The van der Waals surface area contributed by atoms with E-state index in [0.29, 0.717) is 19.3 Å². The van der Waals surface area contributed by atoms with E-state index >= 15 is 0 Å². The number of nitrogens with zero attached hydrogens (tertiary/aromatic N) is 1. The van der Waals surface area contributed by atoms with Crippen molar-refractivity contribution >= 4 is 21.9 Å². The fraction of sp³-hybridized carbons (Fsp3) is 0.538. The summed E-state index contributed by atoms with van der Waals surface area (Å²) in [5, 5.41) is 11.3. The molecule has 1 aromatic rings. The van der Waals surface area contributed by atoms with Gasteiger partial charge in [0.05, 0.1) is 11.5 Å². The van der Waals surface area contributed by atoms with Crippen molar-refractivity contribution in [2.75, 3.05) is 14.1 Å². The molecule has 1 aliphatic rings. The fourth-order valence-electron chi connectivity index (χ4n) is 2.36. The topological polar surface area (TPSA) is 117 Å². The summed E-state index contributed by atoms with van der Waals surface area (Å²) in [6.07, 6.45) is 2.56. The summed E-state index contributed by atoms with van der Waals surface area (Å²) in [6, 6.07) is 0.936. The Morgan fingerprint density at radius 3 is 2.59 bits per heavy atom. The molecule has 1 amide bonds. The van der Waals surface area contributed by atoms with E-state index in [1.807, 2.05) is 0 Å². The Labute approximate surface area is 128 Å². The quantitative estimate of drug-likeness (QED) is 0.812. The van der Waals surface area contributed by atoms with Gasteiger partial charge in [-0.05, 0) is 19.3 Å². The monoisotopic (exact) mass is 330 g/mol. The Hall–Kier alpha value is -1.87. The zero-order valence-corrected chi connectivity index (χ0v) is 13.1. The van der Waals surface area contributed by atoms with Crippen molar-refractivity contribution in [3.05, 3.63) is 17.9 Å². The average molecular weight is 330 g/mol. The van der Waals surface area contributed by atoms with Gasteiger partial charge >= 0.3 is 5.97 Å². The van der Waals surface area contributed by atoms with E-state index in [-0.39, 0.29) is 16.7 Å². The lowest BCUT2D eigenvalue weighted by Gasteiger charge is -2.11. The van der Waals surface area contributed by atoms with Crippen molar-refractivity contribution in [3.63, 3.8) is 0 Å². The summed E-state index contributed by atoms with van der Waals surface area (Å²) in [6.45, 7) is 0. The maximum Gasteiger partial charge on any atom is 0.306 e. The van der Waals surface area contributed by atoms with Gasteiger partial charge < -0.3 is 14.8 Å². The normalized spacial score (nSPS) is 22.0. The molecule has 0 unspecified atom stereocenters. The van der Waals surface area contributed by atoms with Crippen molar-refractivity contribution in [1.82, 2.24) is 9.62 Å². The highest BCUT2D eigenvalue weighted by molar-refractivity contribution is 7.88. The summed E-state index contributed by atoms with van der Waals surface area (Å²) in [5.74, 6) is -1.78. The van der Waals surface area contributed by atoms with E-state index in [9.17, 15) is 18.0 Å². The van der Waals surface area contributed by atoms with Crippen molar-refractivity contribution in [1.29, 1.82) is 0 Å². The van der Waals surface area contributed by atoms with Crippen LogP contribution < -0.4 is 5.32 Å². The Kier molecular flexibility index (Phi) is 4.57. The Morgan fingerprint density at radius 1 is 1.36 bits per heavy atom. The molecule has 9 heteroatoms. The highest BCUT2D eigenvalue weighted by Crippen LogP contribution is 2.26. The molecule has 0 spiro atoms. The van der Waals surface area contributed by atoms with Crippen LogP contribution in [0.2, 0.25) is 0 Å². The first kappa shape index (κ1) is 16.5. The van der Waals surface area contributed by atoms with Gasteiger partial charge in [-0.3, -0.25) is 9.59 Å². The Balaban J connectivity index is 2.03. The maximum absolute atomic E-state index is 12.1. The number of rotatable bonds is 5. The van der Waals surface area contributed by atoms with E-state index in [1.54, 1.807) is 0 Å². The number of carboxylic acid groups (broad SMARTS) is 1. The van der Waals surface area contributed by atoms with Gasteiger partial charge in [0.2, 0.25) is 5.09 Å². The summed E-state index contributed by atoms with van der Waals surface area (Å²) in [4.78, 5) is 22.9. The number of aliphatic carboxylic acids is 1. The van der Waals surface area contributed by atoms with Crippen molar-refractivity contribution in [3.8, 4) is 0 Å². The lowest BCUT2D eigenvalue weighted by molar-refractivity contribution is -0.141. The number of hydrogen-bond donors (Lipinski definition) is 2. The van der Waals surface area contributed by atoms with Gasteiger partial charge in [0.15, 0.2) is 0 Å². The molecule has 0 aromatic carbocycles. The van der Waals surface area contributed by atoms with E-state index in [4.69, 9.17) is 9.52 Å². The van der Waals surface area contributed by atoms with Gasteiger partial charge in [-0.1, -0.05) is 0 Å². The molecule has 0 saturated heterocycles. The predicted octanol–water partition coefficient (Wildman–Crippen LogP) is 0.513. The molecule has 0 aliphatic heterocycles. The minimum absolute atomic E-state index is 0.0965. The van der Waals surface area contributed by atoms with Crippen molar-refractivity contribution in [2.24, 2.45) is 5.92 Å². The lowest BCUT2D eigenvalue weighted by Crippen LogP contribution is -2.33. The van der Waals surface area contributed by atoms with Crippen LogP contribution in [-0.4, -0.2) is 49.8 Å². The number of carboxylic acids is 1. The minimum Gasteiger partial charge on any atom is -0.481 e. The molecule has 2 rings (SSSR count). The molecule has 2 N–H and O–H groups in total. The number of hydrogen-bond acceptors (Lipinski definition) is 5. The smallest absolute Gasteiger partial charge is 0.306 e. The molecule has 0 radical (unpaired) electrons. The zero-order chi connectivity index (χ0) is 16.5. The SMILES string of the molecule is CN(C)S(=O)(=O)c1cc(C(=O)N[C@@H]2CC[C@H](C(=O)O)C2)co1. The number of carbonyl (C=O) groups is 2. The number of sulfonamides is 1. The highest BCUT2D eigenvalue weighted by Gasteiger charge is 2.31. The van der Waals surface area contributed by atoms with Crippen LogP contribution in [-0.2, 0) is 14.8 Å². The summed E-state index contributed by atoms with van der Waals surface area (Å²) < 4.78 is 29.7. The van der Waals surface area contributed by atoms with Crippen molar-refractivity contribution < 1.29 is 27.5 Å². The first-order chi connectivity index (χ1) is 10.2. The van der Waals surface area contributed by atoms with Crippen LogP contribution in [0.4, 0.5) is 0 Å². The van der Waals surface area contributed by atoms with Gasteiger partial charge in [0, 0.05) is 26.2 Å². The second-order valence-corrected chi connectivity index (χ2v) is 7.54. The largest absolute Gasteiger partial charge is 0.481 e. The number of amides is 1. The van der Waals surface area contributed by atoms with Crippen LogP contribution in [0.15, 0.2) is 21.8 Å². The Morgan fingerprint density at radius 2 is 2.05 bits per heavy atom. The molecule has 2 atom stereocenters. The van der Waals surface area contributed by atoms with Crippen LogP contribution in [0.3, 0.4) is 0 Å². The molecular formula is C13H18N2O6S. The number of carbonyl (C=O) groups excluding carboxylic acids is 1. The average Bonchev–Trinajstić information content (AvgIpc) is 3.07. The van der Waals surface area contributed by atoms with Gasteiger partial charge in [-0.15, -0.1) is 0 Å². The van der Waals surface area contributed by atoms with Crippen LogP contribution in [0.5, 0.6) is 0 Å². The Bertz CT molecular complexity index is 678. The molecule has 1 fully saturated rings. The zero-order valence-electron chi connectivity index (χ0n) is 12.3. The molecule has 122 valence electrons. The number of furan rings is 1. The van der Waals surface area contributed by atoms with E-state index < -0.39 is 27.8 Å². The molecule has 8 nitrogen and oxygen atoms in total. The van der Waals surface area contributed by atoms with E-state index in [0.717, 1.165) is 16.6 Å². The van der Waals surface area contributed by atoms with E-state index in [1.165, 1.54) is 14.1 Å². The molecule has 0 bridgehead atoms. The first-order valence-corrected chi connectivity index (χ1v) is 8.20. The van der Waals surface area contributed by atoms with Gasteiger partial charge in [0.25, 0.3) is 15.9 Å². The maximum atomic E-state index is 12.1. The van der Waals surface area contributed by atoms with Crippen LogP contribution >= 0.6 is 0 Å². The highest BCUT2D eigenvalue weighted by atomic mass is 32.2. The van der Waals surface area contributed by atoms with Crippen LogP contribution in [0.25, 0.3) is 0 Å². The molecular weight excluding hydrogens is 312 g/mol. The standard InChI is InChI=1S/C13H18N2O6S/c1-15(2)22(19,20)11-6-9(7-21-11)12(16)14-10-4-3-8(5-10)13(17)18/h6-8,10H,3-5H2,1-2H3,(H,14,16)(H,17,18)/t8-,10+/m0/s1. The number of nitrogens with one attached hydrogen (secondary N) is 1. The third kappa shape index (κ3) is 3.30. The molecule has 22 heavy (non-hydrogen) atoms. The molecule has 1 aromatic heterocycles. The molecule has 1 saturated carbocycles. The lowest BCUT2D eigenvalue weighted by atomic mass is 10.1. The summed E-state index contributed by atoms with van der Waals surface area (Å²) in [5.41, 5.74) is 0.0965. The second kappa shape index (κ2) is 6.09. The van der Waals surface area contributed by atoms with Crippen LogP contribution in [0.1, 0.15) is 29.6 Å².